The van der Waals surface area contributed by atoms with E-state index in [-0.39, 0.29) is 11.9 Å². The smallest absolute Gasteiger partial charge is 0.242 e. The highest BCUT2D eigenvalue weighted by Gasteiger charge is 2.18. The number of thiazole rings is 1. The number of rotatable bonds is 6. The number of imidazole rings is 1. The third kappa shape index (κ3) is 3.45. The van der Waals surface area contributed by atoms with Gasteiger partial charge in [-0.25, -0.2) is 9.97 Å². The highest BCUT2D eigenvalue weighted by molar-refractivity contribution is 7.09. The summed E-state index contributed by atoms with van der Waals surface area (Å²) in [6, 6.07) is -0.244. The molecule has 2 heterocycles. The Bertz CT molecular complexity index is 547. The maximum Gasteiger partial charge on any atom is 0.242 e. The molecule has 0 spiro atoms. The minimum Gasteiger partial charge on any atom is -0.354 e. The van der Waals surface area contributed by atoms with Gasteiger partial charge in [0.25, 0.3) is 0 Å². The zero-order valence-corrected chi connectivity index (χ0v) is 12.9. The van der Waals surface area contributed by atoms with Crippen LogP contribution in [0.2, 0.25) is 0 Å². The minimum atomic E-state index is -0.244. The van der Waals surface area contributed by atoms with Gasteiger partial charge in [0, 0.05) is 42.9 Å². The average molecular weight is 292 g/mol. The van der Waals surface area contributed by atoms with Gasteiger partial charge in [0.1, 0.15) is 11.9 Å². The zero-order chi connectivity index (χ0) is 14.5. The number of nitrogens with one attached hydrogen (secondary N) is 1. The first-order chi connectivity index (χ1) is 9.59. The van der Waals surface area contributed by atoms with Crippen molar-refractivity contribution in [2.45, 2.75) is 39.2 Å². The van der Waals surface area contributed by atoms with Crippen LogP contribution in [-0.4, -0.2) is 27.0 Å². The van der Waals surface area contributed by atoms with Crippen molar-refractivity contribution in [1.82, 2.24) is 19.9 Å². The van der Waals surface area contributed by atoms with Crippen LogP contribution in [0.25, 0.3) is 0 Å². The van der Waals surface area contributed by atoms with Crippen molar-refractivity contribution in [3.63, 3.8) is 0 Å². The number of carbonyl (C=O) groups is 1. The van der Waals surface area contributed by atoms with E-state index in [2.05, 4.69) is 29.1 Å². The normalized spacial score (nSPS) is 12.6. The van der Waals surface area contributed by atoms with Crippen molar-refractivity contribution in [2.24, 2.45) is 0 Å². The fraction of sp³-hybridized carbons (Fsp3) is 0.500. The molecule has 0 saturated heterocycles. The Labute approximate surface area is 123 Å². The van der Waals surface area contributed by atoms with E-state index in [1.165, 1.54) is 0 Å². The lowest BCUT2D eigenvalue weighted by Gasteiger charge is -2.17. The highest BCUT2D eigenvalue weighted by atomic mass is 32.1. The molecule has 0 aliphatic heterocycles. The topological polar surface area (TPSA) is 59.8 Å². The van der Waals surface area contributed by atoms with E-state index in [1.807, 2.05) is 23.1 Å². The van der Waals surface area contributed by atoms with Crippen molar-refractivity contribution in [1.29, 1.82) is 0 Å². The van der Waals surface area contributed by atoms with Crippen molar-refractivity contribution < 1.29 is 4.79 Å². The van der Waals surface area contributed by atoms with Crippen LogP contribution in [0.15, 0.2) is 24.0 Å². The molecule has 0 bridgehead atoms. The van der Waals surface area contributed by atoms with E-state index in [1.54, 1.807) is 23.7 Å². The molecule has 1 atom stereocenters. The van der Waals surface area contributed by atoms with Crippen LogP contribution in [0.3, 0.4) is 0 Å². The number of carbonyl (C=O) groups excluding carboxylic acids is 1. The Morgan fingerprint density at radius 2 is 2.15 bits per heavy atom. The molecular weight excluding hydrogens is 272 g/mol. The monoisotopic (exact) mass is 292 g/mol. The second-order valence-electron chi connectivity index (χ2n) is 4.99. The second kappa shape index (κ2) is 6.65. The first kappa shape index (κ1) is 14.7. The number of hydrogen-bond acceptors (Lipinski definition) is 4. The molecule has 2 aromatic rings. The Hall–Kier alpha value is -1.69. The van der Waals surface area contributed by atoms with Gasteiger partial charge in [-0.3, -0.25) is 4.79 Å². The second-order valence-corrected chi connectivity index (χ2v) is 5.97. The van der Waals surface area contributed by atoms with Crippen LogP contribution in [0.4, 0.5) is 0 Å². The summed E-state index contributed by atoms with van der Waals surface area (Å²) < 4.78 is 1.93. The van der Waals surface area contributed by atoms with Crippen LogP contribution in [-0.2, 0) is 11.2 Å². The summed E-state index contributed by atoms with van der Waals surface area (Å²) in [7, 11) is 0. The standard InChI is InChI=1S/C14H20N4OS/c1-10(2)13-16-6-8-18(13)11(3)14(19)17-5-4-12-15-7-9-20-12/h6-11H,4-5H2,1-3H3,(H,17,19)/t11-/m0/s1. The molecule has 5 nitrogen and oxygen atoms in total. The van der Waals surface area contributed by atoms with Gasteiger partial charge in [-0.15, -0.1) is 11.3 Å². The summed E-state index contributed by atoms with van der Waals surface area (Å²) in [6.07, 6.45) is 6.16. The molecule has 0 aliphatic carbocycles. The zero-order valence-electron chi connectivity index (χ0n) is 12.0. The molecular formula is C14H20N4OS. The van der Waals surface area contributed by atoms with Crippen molar-refractivity contribution in [3.05, 3.63) is 34.8 Å². The third-order valence-electron chi connectivity index (χ3n) is 3.13. The van der Waals surface area contributed by atoms with Crippen molar-refractivity contribution >= 4 is 17.2 Å². The lowest BCUT2D eigenvalue weighted by molar-refractivity contribution is -0.123. The van der Waals surface area contributed by atoms with Gasteiger partial charge < -0.3 is 9.88 Å². The molecule has 6 heteroatoms. The summed E-state index contributed by atoms with van der Waals surface area (Å²) >= 11 is 1.61. The minimum absolute atomic E-state index is 0.0152. The highest BCUT2D eigenvalue weighted by Crippen LogP contribution is 2.17. The molecule has 0 saturated carbocycles. The van der Waals surface area contributed by atoms with Crippen molar-refractivity contribution in [2.75, 3.05) is 6.54 Å². The third-order valence-corrected chi connectivity index (χ3v) is 3.97. The van der Waals surface area contributed by atoms with Crippen LogP contribution in [0.5, 0.6) is 0 Å². The van der Waals surface area contributed by atoms with Crippen LogP contribution >= 0.6 is 11.3 Å². The number of aromatic nitrogens is 3. The summed E-state index contributed by atoms with van der Waals surface area (Å²) in [4.78, 5) is 20.7. The number of amides is 1. The first-order valence-corrected chi connectivity index (χ1v) is 7.66. The maximum absolute atomic E-state index is 12.2. The average Bonchev–Trinajstić information content (AvgIpc) is 3.08. The SMILES string of the molecule is CC(C)c1nccn1[C@@H](C)C(=O)NCCc1nccs1. The number of nitrogens with zero attached hydrogens (tertiary/aromatic N) is 3. The van der Waals surface area contributed by atoms with Gasteiger partial charge in [0.05, 0.1) is 5.01 Å². The lowest BCUT2D eigenvalue weighted by atomic mass is 10.2. The van der Waals surface area contributed by atoms with Crippen molar-refractivity contribution in [3.8, 4) is 0 Å². The predicted octanol–water partition coefficient (Wildman–Crippen LogP) is 2.38. The molecule has 2 rings (SSSR count). The van der Waals surface area contributed by atoms with Gasteiger partial charge in [0.15, 0.2) is 0 Å². The Balaban J connectivity index is 1.90. The van der Waals surface area contributed by atoms with E-state index in [0.717, 1.165) is 17.3 Å². The van der Waals surface area contributed by atoms with E-state index in [0.29, 0.717) is 12.5 Å². The van der Waals surface area contributed by atoms with E-state index >= 15 is 0 Å². The van der Waals surface area contributed by atoms with Gasteiger partial charge in [-0.2, -0.15) is 0 Å². The fourth-order valence-electron chi connectivity index (χ4n) is 2.04. The molecule has 0 aliphatic rings. The van der Waals surface area contributed by atoms with Gasteiger partial charge in [-0.1, -0.05) is 13.8 Å². The molecule has 0 aromatic carbocycles. The first-order valence-electron chi connectivity index (χ1n) is 6.78. The summed E-state index contributed by atoms with van der Waals surface area (Å²) in [5.41, 5.74) is 0. The Morgan fingerprint density at radius 1 is 1.35 bits per heavy atom. The molecule has 0 unspecified atom stereocenters. The summed E-state index contributed by atoms with van der Waals surface area (Å²) in [5.74, 6) is 1.25. The quantitative estimate of drug-likeness (QED) is 0.889. The molecule has 0 radical (unpaired) electrons. The van der Waals surface area contributed by atoms with Gasteiger partial charge in [-0.05, 0) is 6.92 Å². The Kier molecular flexibility index (Phi) is 4.89. The molecule has 1 amide bonds. The Morgan fingerprint density at radius 3 is 2.80 bits per heavy atom. The number of hydrogen-bond donors (Lipinski definition) is 1. The summed E-state index contributed by atoms with van der Waals surface area (Å²) in [5, 5.41) is 5.94. The van der Waals surface area contributed by atoms with Crippen LogP contribution in [0, 0.1) is 0 Å². The van der Waals surface area contributed by atoms with E-state index < -0.39 is 0 Å². The predicted molar refractivity (Wildman–Crippen MR) is 79.9 cm³/mol. The van der Waals surface area contributed by atoms with E-state index in [9.17, 15) is 4.79 Å². The van der Waals surface area contributed by atoms with Gasteiger partial charge >= 0.3 is 0 Å². The van der Waals surface area contributed by atoms with Crippen LogP contribution < -0.4 is 5.32 Å². The molecule has 0 fully saturated rings. The van der Waals surface area contributed by atoms with E-state index in [4.69, 9.17) is 0 Å². The van der Waals surface area contributed by atoms with Crippen LogP contribution in [0.1, 0.15) is 43.6 Å². The lowest BCUT2D eigenvalue weighted by Crippen LogP contribution is -2.33. The fourth-order valence-corrected chi connectivity index (χ4v) is 2.66. The molecule has 108 valence electrons. The summed E-state index contributed by atoms with van der Waals surface area (Å²) in [6.45, 7) is 6.66. The molecule has 20 heavy (non-hydrogen) atoms. The molecule has 2 aromatic heterocycles. The molecule has 1 N–H and O–H groups in total. The van der Waals surface area contributed by atoms with Gasteiger partial charge in [0.2, 0.25) is 5.91 Å². The maximum atomic E-state index is 12.2. The largest absolute Gasteiger partial charge is 0.354 e.